The molecule has 0 spiro atoms. The number of aromatic nitrogens is 1. The van der Waals surface area contributed by atoms with Crippen molar-refractivity contribution in [1.29, 1.82) is 0 Å². The van der Waals surface area contributed by atoms with Gasteiger partial charge in [-0.2, -0.15) is 0 Å². The topological polar surface area (TPSA) is 39.2 Å². The molecule has 1 heterocycles. The van der Waals surface area contributed by atoms with Crippen LogP contribution in [0.25, 0.3) is 16.5 Å². The highest BCUT2D eigenvalue weighted by atomic mass is 16.5. The highest BCUT2D eigenvalue weighted by molar-refractivity contribution is 6.04. The number of nitrogens with zero attached hydrogens (tertiary/aromatic N) is 1. The van der Waals surface area contributed by atoms with Crippen molar-refractivity contribution >= 4 is 22.4 Å². The maximum Gasteiger partial charge on any atom is 0.338 e. The largest absolute Gasteiger partial charge is 0.465 e. The standard InChI is InChI=1S/C18H17NO2/c1-5-7-13(6-2)16-11-15(18(20)21-4)14-9-8-12(3)10-17(14)19-16/h5-11H,1-2H2,3-4H3/b13-7+. The highest BCUT2D eigenvalue weighted by Gasteiger charge is 2.14. The smallest absolute Gasteiger partial charge is 0.338 e. The van der Waals surface area contributed by atoms with E-state index in [1.165, 1.54) is 7.11 Å². The third-order valence-corrected chi connectivity index (χ3v) is 3.18. The lowest BCUT2D eigenvalue weighted by Gasteiger charge is -2.09. The molecule has 2 rings (SSSR count). The Morgan fingerprint density at radius 2 is 2.05 bits per heavy atom. The van der Waals surface area contributed by atoms with E-state index in [9.17, 15) is 4.79 Å². The summed E-state index contributed by atoms with van der Waals surface area (Å²) in [5.41, 5.74) is 3.80. The first-order valence-corrected chi connectivity index (χ1v) is 6.56. The Balaban J connectivity index is 2.80. The van der Waals surface area contributed by atoms with Crippen LogP contribution >= 0.6 is 0 Å². The number of benzene rings is 1. The molecule has 3 heteroatoms. The minimum atomic E-state index is -0.380. The lowest BCUT2D eigenvalue weighted by Crippen LogP contribution is -2.04. The van der Waals surface area contributed by atoms with Crippen molar-refractivity contribution in [2.24, 2.45) is 0 Å². The molecule has 0 fully saturated rings. The van der Waals surface area contributed by atoms with Crippen molar-refractivity contribution in [2.45, 2.75) is 6.92 Å². The van der Waals surface area contributed by atoms with E-state index >= 15 is 0 Å². The summed E-state index contributed by atoms with van der Waals surface area (Å²) < 4.78 is 4.87. The summed E-state index contributed by atoms with van der Waals surface area (Å²) in [6.45, 7) is 9.44. The lowest BCUT2D eigenvalue weighted by molar-refractivity contribution is 0.0603. The molecule has 0 atom stereocenters. The Kier molecular flexibility index (Phi) is 4.33. The van der Waals surface area contributed by atoms with Crippen LogP contribution in [0.5, 0.6) is 0 Å². The second kappa shape index (κ2) is 6.18. The lowest BCUT2D eigenvalue weighted by atomic mass is 10.0. The van der Waals surface area contributed by atoms with E-state index in [0.29, 0.717) is 11.3 Å². The van der Waals surface area contributed by atoms with E-state index in [2.05, 4.69) is 18.1 Å². The van der Waals surface area contributed by atoms with E-state index in [1.807, 2.05) is 25.1 Å². The Morgan fingerprint density at radius 3 is 2.67 bits per heavy atom. The van der Waals surface area contributed by atoms with Gasteiger partial charge < -0.3 is 4.74 Å². The van der Waals surface area contributed by atoms with Crippen molar-refractivity contribution in [1.82, 2.24) is 4.98 Å². The minimum Gasteiger partial charge on any atom is -0.465 e. The molecule has 0 aliphatic heterocycles. The minimum absolute atomic E-state index is 0.380. The van der Waals surface area contributed by atoms with E-state index in [0.717, 1.165) is 22.0 Å². The normalized spacial score (nSPS) is 11.2. The number of pyridine rings is 1. The zero-order chi connectivity index (χ0) is 15.4. The van der Waals surface area contributed by atoms with Gasteiger partial charge in [-0.15, -0.1) is 0 Å². The average Bonchev–Trinajstić information content (AvgIpc) is 2.50. The number of aryl methyl sites for hydroxylation is 1. The van der Waals surface area contributed by atoms with Gasteiger partial charge in [0.05, 0.1) is 23.9 Å². The number of hydrogen-bond acceptors (Lipinski definition) is 3. The number of hydrogen-bond donors (Lipinski definition) is 0. The number of carbonyl (C=O) groups is 1. The van der Waals surface area contributed by atoms with Crippen LogP contribution in [0.2, 0.25) is 0 Å². The predicted molar refractivity (Wildman–Crippen MR) is 86.2 cm³/mol. The van der Waals surface area contributed by atoms with Gasteiger partial charge in [0.1, 0.15) is 0 Å². The molecule has 0 N–H and O–H groups in total. The third kappa shape index (κ3) is 2.92. The Labute approximate surface area is 124 Å². The summed E-state index contributed by atoms with van der Waals surface area (Å²) in [5, 5.41) is 0.776. The Bertz CT molecular complexity index is 757. The fraction of sp³-hybridized carbons (Fsp3) is 0.111. The first-order valence-electron chi connectivity index (χ1n) is 6.56. The van der Waals surface area contributed by atoms with Gasteiger partial charge in [-0.3, -0.25) is 0 Å². The second-order valence-corrected chi connectivity index (χ2v) is 4.63. The molecule has 3 nitrogen and oxygen atoms in total. The van der Waals surface area contributed by atoms with Gasteiger partial charge in [-0.1, -0.05) is 43.5 Å². The number of esters is 1. The first kappa shape index (κ1) is 14.7. The van der Waals surface area contributed by atoms with Crippen molar-refractivity contribution < 1.29 is 9.53 Å². The number of fused-ring (bicyclic) bond motifs is 1. The molecule has 1 aromatic heterocycles. The highest BCUT2D eigenvalue weighted by Crippen LogP contribution is 2.24. The van der Waals surface area contributed by atoms with E-state index in [1.54, 1.807) is 24.3 Å². The third-order valence-electron chi connectivity index (χ3n) is 3.18. The van der Waals surface area contributed by atoms with Crippen molar-refractivity contribution in [3.63, 3.8) is 0 Å². The average molecular weight is 279 g/mol. The number of rotatable bonds is 4. The zero-order valence-corrected chi connectivity index (χ0v) is 12.2. The second-order valence-electron chi connectivity index (χ2n) is 4.63. The molecule has 21 heavy (non-hydrogen) atoms. The van der Waals surface area contributed by atoms with Gasteiger partial charge in [0.15, 0.2) is 0 Å². The number of allylic oxidation sites excluding steroid dienone is 4. The Morgan fingerprint density at radius 1 is 1.29 bits per heavy atom. The summed E-state index contributed by atoms with van der Waals surface area (Å²) >= 11 is 0. The van der Waals surface area contributed by atoms with Gasteiger partial charge in [0, 0.05) is 5.39 Å². The van der Waals surface area contributed by atoms with Crippen LogP contribution in [-0.2, 0) is 4.74 Å². The van der Waals surface area contributed by atoms with Crippen LogP contribution in [0, 0.1) is 6.92 Å². The molecule has 0 radical (unpaired) electrons. The molecule has 106 valence electrons. The summed E-state index contributed by atoms with van der Waals surface area (Å²) in [6.07, 6.45) is 5.15. The molecule has 2 aromatic rings. The SMILES string of the molecule is C=C/C=C(\C=C)c1cc(C(=O)OC)c2ccc(C)cc2n1. The van der Waals surface area contributed by atoms with Crippen LogP contribution in [0.15, 0.2) is 55.7 Å². The summed E-state index contributed by atoms with van der Waals surface area (Å²) in [7, 11) is 1.37. The van der Waals surface area contributed by atoms with E-state index < -0.39 is 0 Å². The molecule has 0 saturated carbocycles. The zero-order valence-electron chi connectivity index (χ0n) is 12.2. The van der Waals surface area contributed by atoms with Gasteiger partial charge >= 0.3 is 5.97 Å². The summed E-state index contributed by atoms with van der Waals surface area (Å²) in [6, 6.07) is 7.50. The van der Waals surface area contributed by atoms with Gasteiger partial charge in [-0.05, 0) is 30.2 Å². The van der Waals surface area contributed by atoms with Crippen molar-refractivity contribution in [3.05, 3.63) is 72.5 Å². The molecule has 1 aromatic carbocycles. The van der Waals surface area contributed by atoms with Crippen molar-refractivity contribution in [2.75, 3.05) is 7.11 Å². The van der Waals surface area contributed by atoms with Crippen LogP contribution in [0.1, 0.15) is 21.6 Å². The maximum absolute atomic E-state index is 12.0. The molecule has 0 unspecified atom stereocenters. The molecular formula is C18H17NO2. The molecule has 0 bridgehead atoms. The summed E-state index contributed by atoms with van der Waals surface area (Å²) in [4.78, 5) is 16.6. The number of ether oxygens (including phenoxy) is 1. The fourth-order valence-electron chi connectivity index (χ4n) is 2.15. The maximum atomic E-state index is 12.0. The van der Waals surface area contributed by atoms with Crippen molar-refractivity contribution in [3.8, 4) is 0 Å². The van der Waals surface area contributed by atoms with Crippen LogP contribution < -0.4 is 0 Å². The van der Waals surface area contributed by atoms with E-state index in [4.69, 9.17) is 4.74 Å². The first-order chi connectivity index (χ1) is 10.1. The molecule has 0 saturated heterocycles. The van der Waals surface area contributed by atoms with Gasteiger partial charge in [-0.25, -0.2) is 9.78 Å². The molecule has 0 aliphatic rings. The quantitative estimate of drug-likeness (QED) is 0.625. The Hall–Kier alpha value is -2.68. The summed E-state index contributed by atoms with van der Waals surface area (Å²) in [5.74, 6) is -0.380. The molecule has 0 aliphatic carbocycles. The fourth-order valence-corrected chi connectivity index (χ4v) is 2.15. The number of methoxy groups -OCH3 is 1. The van der Waals surface area contributed by atoms with E-state index in [-0.39, 0.29) is 5.97 Å². The number of carbonyl (C=O) groups excluding carboxylic acids is 1. The molecule has 0 amide bonds. The van der Waals surface area contributed by atoms with Crippen LogP contribution in [0.4, 0.5) is 0 Å². The van der Waals surface area contributed by atoms with Crippen LogP contribution in [0.3, 0.4) is 0 Å². The predicted octanol–water partition coefficient (Wildman–Crippen LogP) is 4.09. The monoisotopic (exact) mass is 279 g/mol. The van der Waals surface area contributed by atoms with Crippen LogP contribution in [-0.4, -0.2) is 18.1 Å². The van der Waals surface area contributed by atoms with Gasteiger partial charge in [0.2, 0.25) is 0 Å². The molecular weight excluding hydrogens is 262 g/mol. The van der Waals surface area contributed by atoms with Gasteiger partial charge in [0.25, 0.3) is 0 Å².